The highest BCUT2D eigenvalue weighted by Gasteiger charge is 2.23. The average molecular weight is 349 g/mol. The van der Waals surface area contributed by atoms with Crippen LogP contribution in [0.1, 0.15) is 47.6 Å². The Balaban J connectivity index is 1.71. The van der Waals surface area contributed by atoms with Crippen molar-refractivity contribution >= 4 is 11.8 Å². The summed E-state index contributed by atoms with van der Waals surface area (Å²) in [5, 5.41) is 2.83. The van der Waals surface area contributed by atoms with Crippen LogP contribution in [0.2, 0.25) is 0 Å². The third-order valence-corrected chi connectivity index (χ3v) is 4.34. The minimum Gasteiger partial charge on any atom is -0.336 e. The molecule has 2 amide bonds. The van der Waals surface area contributed by atoms with Crippen LogP contribution in [0.5, 0.6) is 0 Å². The van der Waals surface area contributed by atoms with Gasteiger partial charge in [0.25, 0.3) is 11.8 Å². The van der Waals surface area contributed by atoms with Crippen LogP contribution in [0.3, 0.4) is 0 Å². The number of amides is 2. The lowest BCUT2D eigenvalue weighted by atomic mass is 10.0. The molecule has 0 saturated heterocycles. The molecular weight excluding hydrogens is 326 g/mol. The van der Waals surface area contributed by atoms with E-state index in [1.54, 1.807) is 24.3 Å². The molecule has 0 fully saturated rings. The van der Waals surface area contributed by atoms with E-state index < -0.39 is 6.04 Å². The molecule has 1 aliphatic carbocycles. The first-order valence-electron chi connectivity index (χ1n) is 8.90. The van der Waals surface area contributed by atoms with Gasteiger partial charge >= 0.3 is 0 Å². The van der Waals surface area contributed by atoms with Crippen molar-refractivity contribution in [3.8, 4) is 0 Å². The highest BCUT2D eigenvalue weighted by molar-refractivity contribution is 5.97. The van der Waals surface area contributed by atoms with Gasteiger partial charge in [0.15, 0.2) is 0 Å². The van der Waals surface area contributed by atoms with E-state index in [9.17, 15) is 9.59 Å². The predicted molar refractivity (Wildman–Crippen MR) is 101 cm³/mol. The Hall–Kier alpha value is -3.08. The number of nitrogens with one attached hydrogen (secondary N) is 3. The number of hydrogen-bond acceptors (Lipinski definition) is 3. The Bertz CT molecular complexity index is 772. The van der Waals surface area contributed by atoms with Gasteiger partial charge in [0.2, 0.25) is 0 Å². The van der Waals surface area contributed by atoms with Crippen LogP contribution in [0, 0.1) is 0 Å². The highest BCUT2D eigenvalue weighted by atomic mass is 16.2. The van der Waals surface area contributed by atoms with Crippen molar-refractivity contribution < 1.29 is 9.59 Å². The van der Waals surface area contributed by atoms with Gasteiger partial charge in [-0.1, -0.05) is 54.6 Å². The molecule has 0 bridgehead atoms. The van der Waals surface area contributed by atoms with Gasteiger partial charge in [-0.25, -0.2) is 0 Å². The van der Waals surface area contributed by atoms with E-state index in [0.29, 0.717) is 5.56 Å². The number of hydrogen-bond donors (Lipinski definition) is 3. The van der Waals surface area contributed by atoms with Crippen molar-refractivity contribution in [2.24, 2.45) is 0 Å². The van der Waals surface area contributed by atoms with E-state index in [0.717, 1.165) is 30.5 Å². The van der Waals surface area contributed by atoms with E-state index in [1.807, 2.05) is 36.4 Å². The molecule has 0 heterocycles. The maximum absolute atomic E-state index is 12.7. The molecule has 0 aromatic heterocycles. The molecule has 2 aromatic rings. The third-order valence-electron chi connectivity index (χ3n) is 4.34. The number of hydrazine groups is 1. The SMILES string of the molecule is O=C(NC(C(=O)NNC1=CCCCC1)c1ccccc1)c1ccccc1. The van der Waals surface area contributed by atoms with Gasteiger partial charge in [0, 0.05) is 11.3 Å². The quantitative estimate of drug-likeness (QED) is 0.701. The smallest absolute Gasteiger partial charge is 0.265 e. The highest BCUT2D eigenvalue weighted by Crippen LogP contribution is 2.16. The zero-order chi connectivity index (χ0) is 18.2. The lowest BCUT2D eigenvalue weighted by Crippen LogP contribution is -2.45. The summed E-state index contributed by atoms with van der Waals surface area (Å²) >= 11 is 0. The van der Waals surface area contributed by atoms with Crippen LogP contribution in [0.4, 0.5) is 0 Å². The Labute approximate surface area is 153 Å². The summed E-state index contributed by atoms with van der Waals surface area (Å²) in [6.07, 6.45) is 6.34. The molecule has 1 aliphatic rings. The predicted octanol–water partition coefficient (Wildman–Crippen LogP) is 3.24. The number of carbonyl (C=O) groups is 2. The Morgan fingerprint density at radius 3 is 2.23 bits per heavy atom. The summed E-state index contributed by atoms with van der Waals surface area (Å²) in [6.45, 7) is 0. The molecular formula is C21H23N3O2. The molecule has 5 nitrogen and oxygen atoms in total. The second kappa shape index (κ2) is 8.85. The largest absolute Gasteiger partial charge is 0.336 e. The lowest BCUT2D eigenvalue weighted by Gasteiger charge is -2.21. The summed E-state index contributed by atoms with van der Waals surface area (Å²) in [7, 11) is 0. The number of allylic oxidation sites excluding steroid dienone is 2. The molecule has 26 heavy (non-hydrogen) atoms. The number of benzene rings is 2. The van der Waals surface area contributed by atoms with E-state index in [1.165, 1.54) is 6.42 Å². The molecule has 0 saturated carbocycles. The monoisotopic (exact) mass is 349 g/mol. The standard InChI is InChI=1S/C21H23N3O2/c25-20(17-12-6-2-7-13-17)22-19(16-10-4-1-5-11-16)21(26)24-23-18-14-8-3-9-15-18/h1-2,4-7,10-14,19,23H,3,8-9,15H2,(H,22,25)(H,24,26). The Morgan fingerprint density at radius 2 is 1.58 bits per heavy atom. The van der Waals surface area contributed by atoms with Crippen LogP contribution in [0.25, 0.3) is 0 Å². The van der Waals surface area contributed by atoms with Gasteiger partial charge in [-0.15, -0.1) is 0 Å². The van der Waals surface area contributed by atoms with Crippen molar-refractivity contribution in [3.05, 3.63) is 83.6 Å². The van der Waals surface area contributed by atoms with Crippen molar-refractivity contribution in [2.45, 2.75) is 31.7 Å². The molecule has 1 unspecified atom stereocenters. The van der Waals surface area contributed by atoms with E-state index in [-0.39, 0.29) is 11.8 Å². The molecule has 3 rings (SSSR count). The number of carbonyl (C=O) groups excluding carboxylic acids is 2. The van der Waals surface area contributed by atoms with Gasteiger partial charge in [-0.2, -0.15) is 0 Å². The fraction of sp³-hybridized carbons (Fsp3) is 0.238. The maximum atomic E-state index is 12.7. The first kappa shape index (κ1) is 17.7. The van der Waals surface area contributed by atoms with Gasteiger partial charge in [0.1, 0.15) is 6.04 Å². The van der Waals surface area contributed by atoms with Crippen LogP contribution >= 0.6 is 0 Å². The fourth-order valence-electron chi connectivity index (χ4n) is 2.92. The first-order valence-corrected chi connectivity index (χ1v) is 8.90. The molecule has 134 valence electrons. The van der Waals surface area contributed by atoms with Crippen LogP contribution in [-0.4, -0.2) is 11.8 Å². The third kappa shape index (κ3) is 4.72. The fourth-order valence-corrected chi connectivity index (χ4v) is 2.92. The van der Waals surface area contributed by atoms with Crippen molar-refractivity contribution in [1.82, 2.24) is 16.2 Å². The lowest BCUT2D eigenvalue weighted by molar-refractivity contribution is -0.123. The van der Waals surface area contributed by atoms with Crippen LogP contribution in [-0.2, 0) is 4.79 Å². The summed E-state index contributed by atoms with van der Waals surface area (Å²) in [4.78, 5) is 25.3. The van der Waals surface area contributed by atoms with Crippen LogP contribution in [0.15, 0.2) is 72.4 Å². The first-order chi connectivity index (χ1) is 12.7. The second-order valence-corrected chi connectivity index (χ2v) is 6.27. The van der Waals surface area contributed by atoms with Crippen molar-refractivity contribution in [2.75, 3.05) is 0 Å². The minimum absolute atomic E-state index is 0.286. The second-order valence-electron chi connectivity index (χ2n) is 6.27. The zero-order valence-corrected chi connectivity index (χ0v) is 14.6. The van der Waals surface area contributed by atoms with E-state index in [2.05, 4.69) is 22.2 Å². The molecule has 0 spiro atoms. The summed E-state index contributed by atoms with van der Waals surface area (Å²) in [6, 6.07) is 17.3. The number of rotatable bonds is 6. The van der Waals surface area contributed by atoms with Crippen molar-refractivity contribution in [3.63, 3.8) is 0 Å². The van der Waals surface area contributed by atoms with Crippen molar-refractivity contribution in [1.29, 1.82) is 0 Å². The molecule has 1 atom stereocenters. The maximum Gasteiger partial charge on any atom is 0.265 e. The molecule has 0 radical (unpaired) electrons. The average Bonchev–Trinajstić information content (AvgIpc) is 2.72. The van der Waals surface area contributed by atoms with Gasteiger partial charge in [0.05, 0.1) is 0 Å². The molecule has 2 aromatic carbocycles. The summed E-state index contributed by atoms with van der Waals surface area (Å²) in [5.41, 5.74) is 8.00. The Kier molecular flexibility index (Phi) is 6.04. The minimum atomic E-state index is -0.777. The van der Waals surface area contributed by atoms with E-state index >= 15 is 0 Å². The summed E-state index contributed by atoms with van der Waals surface area (Å²) in [5.74, 6) is -0.585. The van der Waals surface area contributed by atoms with Crippen LogP contribution < -0.4 is 16.2 Å². The van der Waals surface area contributed by atoms with Gasteiger partial charge < -0.3 is 10.7 Å². The topological polar surface area (TPSA) is 70.2 Å². The van der Waals surface area contributed by atoms with Gasteiger partial charge in [-0.05, 0) is 43.4 Å². The molecule has 0 aliphatic heterocycles. The van der Waals surface area contributed by atoms with E-state index in [4.69, 9.17) is 0 Å². The normalized spacial score (nSPS) is 14.7. The van der Waals surface area contributed by atoms with Gasteiger partial charge in [-0.3, -0.25) is 15.0 Å². The Morgan fingerprint density at radius 1 is 0.885 bits per heavy atom. The summed E-state index contributed by atoms with van der Waals surface area (Å²) < 4.78 is 0. The zero-order valence-electron chi connectivity index (χ0n) is 14.6. The molecule has 5 heteroatoms. The molecule has 3 N–H and O–H groups in total.